The molecule has 1 fully saturated rings. The molecule has 0 saturated carbocycles. The van der Waals surface area contributed by atoms with E-state index in [9.17, 15) is 12.8 Å². The summed E-state index contributed by atoms with van der Waals surface area (Å²) in [7, 11) is -3.67. The second-order valence-electron chi connectivity index (χ2n) is 4.87. The van der Waals surface area contributed by atoms with Crippen LogP contribution < -0.4 is 4.72 Å². The monoisotopic (exact) mass is 320 g/mol. The van der Waals surface area contributed by atoms with Gasteiger partial charge in [-0.05, 0) is 57.1 Å². The number of rotatable bonds is 6. The molecule has 1 aliphatic heterocycles. The zero-order valence-electron chi connectivity index (χ0n) is 11.1. The normalized spacial score (nSPS) is 16.7. The van der Waals surface area contributed by atoms with Gasteiger partial charge in [0.15, 0.2) is 0 Å². The van der Waals surface area contributed by atoms with Crippen molar-refractivity contribution in [1.29, 1.82) is 0 Å². The molecule has 112 valence electrons. The highest BCUT2D eigenvalue weighted by molar-refractivity contribution is 7.89. The van der Waals surface area contributed by atoms with Crippen molar-refractivity contribution in [1.82, 2.24) is 9.62 Å². The van der Waals surface area contributed by atoms with Gasteiger partial charge in [0.05, 0.1) is 5.02 Å². The lowest BCUT2D eigenvalue weighted by molar-refractivity contribution is 0.334. The number of benzene rings is 1. The molecule has 0 amide bonds. The lowest BCUT2D eigenvalue weighted by atomic mass is 10.3. The molecule has 2 rings (SSSR count). The Balaban J connectivity index is 1.87. The predicted octanol–water partition coefficient (Wildman–Crippen LogP) is 2.24. The smallest absolute Gasteiger partial charge is 0.242 e. The number of nitrogens with one attached hydrogen (secondary N) is 1. The van der Waals surface area contributed by atoms with E-state index < -0.39 is 15.8 Å². The third-order valence-electron chi connectivity index (χ3n) is 3.33. The number of hydrogen-bond acceptors (Lipinski definition) is 3. The highest BCUT2D eigenvalue weighted by Crippen LogP contribution is 2.21. The van der Waals surface area contributed by atoms with Crippen LogP contribution >= 0.6 is 11.6 Å². The molecule has 1 aromatic rings. The van der Waals surface area contributed by atoms with E-state index in [0.717, 1.165) is 38.2 Å². The Labute approximate surface area is 124 Å². The van der Waals surface area contributed by atoms with E-state index in [4.69, 9.17) is 11.6 Å². The average molecular weight is 321 g/mol. The van der Waals surface area contributed by atoms with Crippen LogP contribution in [-0.4, -0.2) is 39.5 Å². The lowest BCUT2D eigenvalue weighted by Crippen LogP contribution is -2.29. The van der Waals surface area contributed by atoms with Crippen LogP contribution in [0.1, 0.15) is 19.3 Å². The lowest BCUT2D eigenvalue weighted by Gasteiger charge is -2.14. The first-order valence-corrected chi connectivity index (χ1v) is 8.52. The summed E-state index contributed by atoms with van der Waals surface area (Å²) < 4.78 is 39.5. The van der Waals surface area contributed by atoms with Crippen molar-refractivity contribution in [2.24, 2.45) is 0 Å². The van der Waals surface area contributed by atoms with Crippen molar-refractivity contribution >= 4 is 21.6 Å². The Morgan fingerprint density at radius 2 is 2.00 bits per heavy atom. The maximum atomic E-state index is 12.9. The van der Waals surface area contributed by atoms with Gasteiger partial charge in [-0.25, -0.2) is 17.5 Å². The number of halogens is 2. The first-order valence-electron chi connectivity index (χ1n) is 6.66. The van der Waals surface area contributed by atoms with Crippen molar-refractivity contribution < 1.29 is 12.8 Å². The summed E-state index contributed by atoms with van der Waals surface area (Å²) in [5.74, 6) is -0.553. The molecule has 7 heteroatoms. The molecular weight excluding hydrogens is 303 g/mol. The third-order valence-corrected chi connectivity index (χ3v) is 5.27. The van der Waals surface area contributed by atoms with Gasteiger partial charge < -0.3 is 4.90 Å². The van der Waals surface area contributed by atoms with Crippen LogP contribution in [0.5, 0.6) is 0 Å². The predicted molar refractivity (Wildman–Crippen MR) is 76.9 cm³/mol. The summed E-state index contributed by atoms with van der Waals surface area (Å²) >= 11 is 5.76. The number of nitrogens with zero attached hydrogens (tertiary/aromatic N) is 1. The molecule has 0 aromatic heterocycles. The van der Waals surface area contributed by atoms with Crippen LogP contribution in [0.15, 0.2) is 23.1 Å². The quantitative estimate of drug-likeness (QED) is 0.818. The SMILES string of the molecule is O=S(=O)(NCCCN1CCCC1)c1ccc(F)cc1Cl. The fourth-order valence-electron chi connectivity index (χ4n) is 2.29. The summed E-state index contributed by atoms with van der Waals surface area (Å²) in [5.41, 5.74) is 0. The molecule has 20 heavy (non-hydrogen) atoms. The fraction of sp³-hybridized carbons (Fsp3) is 0.538. The third kappa shape index (κ3) is 4.15. The molecule has 0 unspecified atom stereocenters. The molecule has 1 saturated heterocycles. The Morgan fingerprint density at radius 3 is 2.65 bits per heavy atom. The van der Waals surface area contributed by atoms with Crippen LogP contribution in [0.3, 0.4) is 0 Å². The number of likely N-dealkylation sites (tertiary alicyclic amines) is 1. The zero-order valence-corrected chi connectivity index (χ0v) is 12.7. The van der Waals surface area contributed by atoms with Crippen LogP contribution in [0, 0.1) is 5.82 Å². The number of sulfonamides is 1. The Hall–Kier alpha value is -0.690. The molecule has 1 heterocycles. The topological polar surface area (TPSA) is 49.4 Å². The van der Waals surface area contributed by atoms with Gasteiger partial charge in [0.2, 0.25) is 10.0 Å². The second-order valence-corrected chi connectivity index (χ2v) is 7.02. The molecule has 1 N–H and O–H groups in total. The minimum absolute atomic E-state index is 0.0817. The summed E-state index contributed by atoms with van der Waals surface area (Å²) in [4.78, 5) is 2.24. The average Bonchev–Trinajstić information content (AvgIpc) is 2.87. The minimum Gasteiger partial charge on any atom is -0.303 e. The van der Waals surface area contributed by atoms with Crippen molar-refractivity contribution in [3.05, 3.63) is 29.0 Å². The van der Waals surface area contributed by atoms with E-state index in [1.54, 1.807) is 0 Å². The molecule has 0 bridgehead atoms. The Morgan fingerprint density at radius 1 is 1.30 bits per heavy atom. The first kappa shape index (κ1) is 15.7. The zero-order chi connectivity index (χ0) is 14.6. The van der Waals surface area contributed by atoms with Gasteiger partial charge in [0.25, 0.3) is 0 Å². The highest BCUT2D eigenvalue weighted by Gasteiger charge is 2.18. The largest absolute Gasteiger partial charge is 0.303 e. The summed E-state index contributed by atoms with van der Waals surface area (Å²) in [6.45, 7) is 3.43. The van der Waals surface area contributed by atoms with Gasteiger partial charge in [0, 0.05) is 6.54 Å². The van der Waals surface area contributed by atoms with Crippen molar-refractivity contribution in [2.75, 3.05) is 26.2 Å². The number of hydrogen-bond donors (Lipinski definition) is 1. The Bertz CT molecular complexity index is 559. The molecule has 0 spiro atoms. The highest BCUT2D eigenvalue weighted by atomic mass is 35.5. The van der Waals surface area contributed by atoms with Crippen LogP contribution in [-0.2, 0) is 10.0 Å². The van der Waals surface area contributed by atoms with Gasteiger partial charge in [0.1, 0.15) is 10.7 Å². The van der Waals surface area contributed by atoms with Crippen LogP contribution in [0.25, 0.3) is 0 Å². The van der Waals surface area contributed by atoms with E-state index in [1.165, 1.54) is 18.9 Å². The molecule has 1 aromatic carbocycles. The molecule has 0 aliphatic carbocycles. The molecule has 0 atom stereocenters. The van der Waals surface area contributed by atoms with Gasteiger partial charge >= 0.3 is 0 Å². The van der Waals surface area contributed by atoms with Crippen molar-refractivity contribution in [3.8, 4) is 0 Å². The standard InChI is InChI=1S/C13H18ClFN2O2S/c14-12-10-11(15)4-5-13(12)20(18,19)16-6-3-9-17-7-1-2-8-17/h4-5,10,16H,1-3,6-9H2. The fourth-order valence-corrected chi connectivity index (χ4v) is 3.89. The van der Waals surface area contributed by atoms with E-state index in [1.807, 2.05) is 0 Å². The molecular formula is C13H18ClFN2O2S. The van der Waals surface area contributed by atoms with Crippen molar-refractivity contribution in [3.63, 3.8) is 0 Å². The first-order chi connectivity index (χ1) is 9.49. The molecule has 0 radical (unpaired) electrons. The van der Waals surface area contributed by atoms with E-state index in [2.05, 4.69) is 9.62 Å². The van der Waals surface area contributed by atoms with Crippen molar-refractivity contribution in [2.45, 2.75) is 24.2 Å². The maximum absolute atomic E-state index is 12.9. The van der Waals surface area contributed by atoms with Gasteiger partial charge in [-0.1, -0.05) is 11.6 Å². The summed E-state index contributed by atoms with van der Waals surface area (Å²) in [6.07, 6.45) is 3.19. The summed E-state index contributed by atoms with van der Waals surface area (Å²) in [5, 5.41) is -0.1000. The van der Waals surface area contributed by atoms with Gasteiger partial charge in [-0.3, -0.25) is 0 Å². The van der Waals surface area contributed by atoms with Gasteiger partial charge in [-0.15, -0.1) is 0 Å². The summed E-state index contributed by atoms with van der Waals surface area (Å²) in [6, 6.07) is 3.27. The Kier molecular flexibility index (Phi) is 5.37. The maximum Gasteiger partial charge on any atom is 0.242 e. The minimum atomic E-state index is -3.67. The molecule has 1 aliphatic rings. The van der Waals surface area contributed by atoms with E-state index >= 15 is 0 Å². The van der Waals surface area contributed by atoms with E-state index in [0.29, 0.717) is 6.54 Å². The van der Waals surface area contributed by atoms with Crippen LogP contribution in [0.2, 0.25) is 5.02 Å². The van der Waals surface area contributed by atoms with Crippen LogP contribution in [0.4, 0.5) is 4.39 Å². The second kappa shape index (κ2) is 6.85. The van der Waals surface area contributed by atoms with Gasteiger partial charge in [-0.2, -0.15) is 0 Å². The van der Waals surface area contributed by atoms with E-state index in [-0.39, 0.29) is 9.92 Å². The molecule has 4 nitrogen and oxygen atoms in total.